The van der Waals surface area contributed by atoms with Gasteiger partial charge in [-0.05, 0) is 0 Å². The van der Waals surface area contributed by atoms with Crippen molar-refractivity contribution in [1.29, 1.82) is 0 Å². The van der Waals surface area contributed by atoms with Crippen LogP contribution >= 0.6 is 0 Å². The maximum Gasteiger partial charge on any atom is 0.358 e. The van der Waals surface area contributed by atoms with Gasteiger partial charge in [0.15, 0.2) is 5.69 Å². The molecule has 17 heavy (non-hydrogen) atoms. The molecule has 2 N–H and O–H groups in total. The Bertz CT molecular complexity index is 497. The third-order valence-corrected chi connectivity index (χ3v) is 2.02. The first-order chi connectivity index (χ1) is 8.29. The molecule has 0 unspecified atom stereocenters. The van der Waals surface area contributed by atoms with Crippen LogP contribution in [-0.4, -0.2) is 33.0 Å². The third-order valence-electron chi connectivity index (χ3n) is 2.02. The van der Waals surface area contributed by atoms with E-state index in [-0.39, 0.29) is 5.69 Å². The van der Waals surface area contributed by atoms with Gasteiger partial charge in [-0.1, -0.05) is 0 Å². The molecule has 0 amide bonds. The van der Waals surface area contributed by atoms with Gasteiger partial charge in [0.05, 0.1) is 26.0 Å². The zero-order valence-corrected chi connectivity index (χ0v) is 9.17. The van der Waals surface area contributed by atoms with E-state index in [9.17, 15) is 4.79 Å². The molecule has 0 spiro atoms. The normalized spacial score (nSPS) is 9.94. The molecule has 0 atom stereocenters. The molecule has 0 saturated heterocycles. The lowest BCUT2D eigenvalue weighted by atomic mass is 10.4. The van der Waals surface area contributed by atoms with Gasteiger partial charge in [0.25, 0.3) is 0 Å². The number of anilines is 1. The van der Waals surface area contributed by atoms with Crippen molar-refractivity contribution >= 4 is 11.8 Å². The van der Waals surface area contributed by atoms with Crippen molar-refractivity contribution < 1.29 is 9.53 Å². The van der Waals surface area contributed by atoms with Crippen LogP contribution in [-0.2, 0) is 11.3 Å². The third kappa shape index (κ3) is 2.77. The Hall–Kier alpha value is -2.44. The van der Waals surface area contributed by atoms with Gasteiger partial charge >= 0.3 is 5.97 Å². The molecule has 0 fully saturated rings. The Balaban J connectivity index is 2.03. The van der Waals surface area contributed by atoms with E-state index in [0.717, 1.165) is 5.82 Å². The summed E-state index contributed by atoms with van der Waals surface area (Å²) in [6.45, 7) is 0.478. The molecule has 7 nitrogen and oxygen atoms in total. The number of methoxy groups -OCH3 is 1. The summed E-state index contributed by atoms with van der Waals surface area (Å²) in [6, 6.07) is 0. The van der Waals surface area contributed by atoms with Gasteiger partial charge in [-0.2, -0.15) is 0 Å². The van der Waals surface area contributed by atoms with E-state index < -0.39 is 5.97 Å². The van der Waals surface area contributed by atoms with Crippen LogP contribution in [0.5, 0.6) is 0 Å². The summed E-state index contributed by atoms with van der Waals surface area (Å²) in [4.78, 5) is 26.2. The zero-order valence-electron chi connectivity index (χ0n) is 9.17. The predicted octanol–water partition coefficient (Wildman–Crippen LogP) is 0.598. The number of aromatic nitrogens is 4. The van der Waals surface area contributed by atoms with Crippen LogP contribution in [0.2, 0.25) is 0 Å². The number of hydrogen-bond acceptors (Lipinski definition) is 6. The number of rotatable bonds is 4. The highest BCUT2D eigenvalue weighted by Gasteiger charge is 2.08. The van der Waals surface area contributed by atoms with E-state index in [1.165, 1.54) is 19.5 Å². The quantitative estimate of drug-likeness (QED) is 0.751. The second-order valence-electron chi connectivity index (χ2n) is 3.17. The monoisotopic (exact) mass is 233 g/mol. The van der Waals surface area contributed by atoms with Gasteiger partial charge in [0.1, 0.15) is 11.6 Å². The number of ether oxygens (including phenoxy) is 1. The Morgan fingerprint density at radius 2 is 2.41 bits per heavy atom. The first-order valence-electron chi connectivity index (χ1n) is 4.92. The molecule has 0 aliphatic heterocycles. The van der Waals surface area contributed by atoms with Crippen LogP contribution in [0.3, 0.4) is 0 Å². The molecular formula is C10H11N5O2. The standard InChI is InChI=1S/C10H11N5O2/c1-17-10(16)7-4-11-5-9(15-7)14-6-8-12-2-3-13-8/h2-5H,6H2,1H3,(H,12,13)(H,14,15). The van der Waals surface area contributed by atoms with Crippen molar-refractivity contribution in [2.45, 2.75) is 6.54 Å². The molecule has 2 aromatic rings. The van der Waals surface area contributed by atoms with E-state index in [1.807, 2.05) is 0 Å². The summed E-state index contributed by atoms with van der Waals surface area (Å²) in [5.41, 5.74) is 0.164. The highest BCUT2D eigenvalue weighted by molar-refractivity contribution is 5.87. The average Bonchev–Trinajstić information content (AvgIpc) is 2.89. The first-order valence-corrected chi connectivity index (χ1v) is 4.92. The molecule has 0 saturated carbocycles. The minimum Gasteiger partial charge on any atom is -0.464 e. The molecule has 2 aromatic heterocycles. The lowest BCUT2D eigenvalue weighted by Crippen LogP contribution is -2.09. The van der Waals surface area contributed by atoms with Gasteiger partial charge < -0.3 is 15.0 Å². The highest BCUT2D eigenvalue weighted by atomic mass is 16.5. The van der Waals surface area contributed by atoms with Crippen LogP contribution in [0.25, 0.3) is 0 Å². The maximum absolute atomic E-state index is 11.2. The number of aromatic amines is 1. The number of carbonyl (C=O) groups is 1. The van der Waals surface area contributed by atoms with E-state index >= 15 is 0 Å². The van der Waals surface area contributed by atoms with Crippen LogP contribution in [0.1, 0.15) is 16.3 Å². The maximum atomic E-state index is 11.2. The molecule has 0 aliphatic rings. The molecule has 0 bridgehead atoms. The van der Waals surface area contributed by atoms with Gasteiger partial charge in [0, 0.05) is 12.4 Å². The SMILES string of the molecule is COC(=O)c1cncc(NCc2ncc[nH]2)n1. The number of H-pyrrole nitrogens is 1. The van der Waals surface area contributed by atoms with Crippen molar-refractivity contribution in [1.82, 2.24) is 19.9 Å². The van der Waals surface area contributed by atoms with Crippen LogP contribution in [0.4, 0.5) is 5.82 Å². The lowest BCUT2D eigenvalue weighted by molar-refractivity contribution is 0.0593. The molecular weight excluding hydrogens is 222 g/mol. The van der Waals surface area contributed by atoms with Crippen LogP contribution < -0.4 is 5.32 Å². The molecule has 7 heteroatoms. The van der Waals surface area contributed by atoms with Gasteiger partial charge in [-0.15, -0.1) is 0 Å². The van der Waals surface area contributed by atoms with Gasteiger partial charge in [-0.3, -0.25) is 4.98 Å². The zero-order chi connectivity index (χ0) is 12.1. The smallest absolute Gasteiger partial charge is 0.358 e. The Morgan fingerprint density at radius 3 is 3.12 bits per heavy atom. The summed E-state index contributed by atoms with van der Waals surface area (Å²) in [7, 11) is 1.30. The number of nitrogens with one attached hydrogen (secondary N) is 2. The second-order valence-corrected chi connectivity index (χ2v) is 3.17. The molecule has 0 aromatic carbocycles. The Morgan fingerprint density at radius 1 is 1.53 bits per heavy atom. The first kappa shape index (κ1) is 11.1. The molecule has 88 valence electrons. The van der Waals surface area contributed by atoms with Crippen molar-refractivity contribution in [2.75, 3.05) is 12.4 Å². The number of nitrogens with zero attached hydrogens (tertiary/aromatic N) is 3. The van der Waals surface area contributed by atoms with Crippen molar-refractivity contribution in [3.8, 4) is 0 Å². The largest absolute Gasteiger partial charge is 0.464 e. The minimum absolute atomic E-state index is 0.164. The van der Waals surface area contributed by atoms with Gasteiger partial charge in [0.2, 0.25) is 0 Å². The van der Waals surface area contributed by atoms with Crippen LogP contribution in [0, 0.1) is 0 Å². The molecule has 2 heterocycles. The van der Waals surface area contributed by atoms with E-state index in [4.69, 9.17) is 0 Å². The van der Waals surface area contributed by atoms with Crippen molar-refractivity contribution in [3.63, 3.8) is 0 Å². The molecule has 2 rings (SSSR count). The fourth-order valence-corrected chi connectivity index (χ4v) is 1.22. The molecule has 0 radical (unpaired) electrons. The second kappa shape index (κ2) is 5.06. The van der Waals surface area contributed by atoms with Gasteiger partial charge in [-0.25, -0.2) is 14.8 Å². The van der Waals surface area contributed by atoms with Crippen molar-refractivity contribution in [2.24, 2.45) is 0 Å². The summed E-state index contributed by atoms with van der Waals surface area (Å²) in [5, 5.41) is 2.99. The Labute approximate surface area is 97.3 Å². The fourth-order valence-electron chi connectivity index (χ4n) is 1.22. The number of esters is 1. The minimum atomic E-state index is -0.515. The fraction of sp³-hybridized carbons (Fsp3) is 0.200. The summed E-state index contributed by atoms with van der Waals surface area (Å²) in [6.07, 6.45) is 6.26. The lowest BCUT2D eigenvalue weighted by Gasteiger charge is -2.04. The van der Waals surface area contributed by atoms with Crippen LogP contribution in [0.15, 0.2) is 24.8 Å². The summed E-state index contributed by atoms with van der Waals surface area (Å²) < 4.78 is 4.55. The van der Waals surface area contributed by atoms with E-state index in [0.29, 0.717) is 12.4 Å². The average molecular weight is 233 g/mol. The number of carbonyl (C=O) groups excluding carboxylic acids is 1. The highest BCUT2D eigenvalue weighted by Crippen LogP contribution is 2.04. The predicted molar refractivity (Wildman–Crippen MR) is 59.3 cm³/mol. The number of hydrogen-bond donors (Lipinski definition) is 2. The topological polar surface area (TPSA) is 92.8 Å². The Kier molecular flexibility index (Phi) is 3.29. The summed E-state index contributed by atoms with van der Waals surface area (Å²) >= 11 is 0. The van der Waals surface area contributed by atoms with E-state index in [1.54, 1.807) is 12.4 Å². The number of imidazole rings is 1. The summed E-state index contributed by atoms with van der Waals surface area (Å²) in [5.74, 6) is 0.749. The van der Waals surface area contributed by atoms with Crippen molar-refractivity contribution in [3.05, 3.63) is 36.3 Å². The molecule has 0 aliphatic carbocycles. The van der Waals surface area contributed by atoms with E-state index in [2.05, 4.69) is 30.0 Å².